The summed E-state index contributed by atoms with van der Waals surface area (Å²) in [7, 11) is -5.05. The van der Waals surface area contributed by atoms with Gasteiger partial charge in [-0.05, 0) is 12.5 Å². The molecule has 5 atom stereocenters. The maximum Gasteiger partial charge on any atom is 0.365 e. The molecule has 194 valence electrons. The van der Waals surface area contributed by atoms with E-state index in [0.29, 0.717) is 17.9 Å². The number of aliphatic hydroxyl groups excluding tert-OH is 1. The van der Waals surface area contributed by atoms with Gasteiger partial charge in [0.2, 0.25) is 0 Å². The van der Waals surface area contributed by atoms with Crippen molar-refractivity contribution < 1.29 is 42.9 Å². The Kier molecular flexibility index (Phi) is 7.93. The van der Waals surface area contributed by atoms with Crippen molar-refractivity contribution in [2.75, 3.05) is 18.5 Å². The summed E-state index contributed by atoms with van der Waals surface area (Å²) in [4.78, 5) is 43.3. The van der Waals surface area contributed by atoms with E-state index in [4.69, 9.17) is 9.47 Å². The molecule has 1 aliphatic heterocycles. The number of aliphatic hydroxyl groups is 1. The molecule has 0 saturated carbocycles. The van der Waals surface area contributed by atoms with E-state index in [1.165, 1.54) is 24.1 Å². The van der Waals surface area contributed by atoms with Gasteiger partial charge in [0.1, 0.15) is 18.5 Å². The summed E-state index contributed by atoms with van der Waals surface area (Å²) >= 11 is 0. The molecule has 2 unspecified atom stereocenters. The van der Waals surface area contributed by atoms with Crippen molar-refractivity contribution >= 4 is 30.5 Å². The maximum absolute atomic E-state index is 15.0. The number of alkyl halides is 1. The van der Waals surface area contributed by atoms with Crippen LogP contribution >= 0.6 is 7.60 Å². The first-order chi connectivity index (χ1) is 17.2. The number of ether oxygens (including phenoxy) is 3. The van der Waals surface area contributed by atoms with Crippen molar-refractivity contribution in [2.24, 2.45) is 0 Å². The van der Waals surface area contributed by atoms with Crippen LogP contribution in [0.25, 0.3) is 11.2 Å². The third kappa shape index (κ3) is 5.53. The second-order valence-electron chi connectivity index (χ2n) is 7.91. The van der Waals surface area contributed by atoms with Gasteiger partial charge in [-0.15, -0.1) is 0 Å². The smallest absolute Gasteiger partial charge is 0.365 e. The number of fused-ring (bicyclic) bond motifs is 1. The van der Waals surface area contributed by atoms with Gasteiger partial charge in [0.15, 0.2) is 29.4 Å². The molecule has 36 heavy (non-hydrogen) atoms. The SMILES string of the molecule is CCOC(=O)C(OCC1O[C@@H](n2cnc3c(NCc4ccccc4)ncnc32)[C@H](F)[C@@H]1O)P(=O)(O)O. The van der Waals surface area contributed by atoms with Crippen LogP contribution in [0.3, 0.4) is 0 Å². The minimum atomic E-state index is -5.05. The fourth-order valence-corrected chi connectivity index (χ4v) is 4.35. The van der Waals surface area contributed by atoms with E-state index in [0.717, 1.165) is 5.56 Å². The summed E-state index contributed by atoms with van der Waals surface area (Å²) in [6, 6.07) is 9.58. The molecule has 1 aliphatic rings. The number of benzene rings is 1. The summed E-state index contributed by atoms with van der Waals surface area (Å²) in [5.74, 6) is -3.10. The van der Waals surface area contributed by atoms with E-state index in [9.17, 15) is 24.3 Å². The minimum Gasteiger partial charge on any atom is -0.464 e. The Hall–Kier alpha value is -3.00. The molecular weight excluding hydrogens is 500 g/mol. The molecule has 1 fully saturated rings. The highest BCUT2D eigenvalue weighted by atomic mass is 31.2. The zero-order valence-corrected chi connectivity index (χ0v) is 19.9. The van der Waals surface area contributed by atoms with E-state index in [1.807, 2.05) is 30.3 Å². The molecular formula is C21H25FN5O8P. The number of hydrogen-bond acceptors (Lipinski definition) is 10. The lowest BCUT2D eigenvalue weighted by Gasteiger charge is -2.20. The lowest BCUT2D eigenvalue weighted by molar-refractivity contribution is -0.155. The number of carbonyl (C=O) groups is 1. The van der Waals surface area contributed by atoms with Crippen molar-refractivity contribution in [2.45, 2.75) is 43.9 Å². The molecule has 1 saturated heterocycles. The van der Waals surface area contributed by atoms with Crippen molar-refractivity contribution in [3.63, 3.8) is 0 Å². The van der Waals surface area contributed by atoms with Crippen LogP contribution in [-0.2, 0) is 30.1 Å². The molecule has 15 heteroatoms. The Morgan fingerprint density at radius 1 is 1.28 bits per heavy atom. The fraction of sp³-hybridized carbons (Fsp3) is 0.429. The molecule has 0 bridgehead atoms. The van der Waals surface area contributed by atoms with Gasteiger partial charge < -0.3 is 34.4 Å². The van der Waals surface area contributed by atoms with Crippen LogP contribution in [0.2, 0.25) is 0 Å². The lowest BCUT2D eigenvalue weighted by Crippen LogP contribution is -2.35. The number of halogens is 1. The number of nitrogens with zero attached hydrogens (tertiary/aromatic N) is 4. The van der Waals surface area contributed by atoms with Gasteiger partial charge in [-0.2, -0.15) is 0 Å². The summed E-state index contributed by atoms with van der Waals surface area (Å²) in [5.41, 5.74) is 1.60. The van der Waals surface area contributed by atoms with Crippen molar-refractivity contribution in [1.82, 2.24) is 19.5 Å². The first kappa shape index (κ1) is 26.1. The van der Waals surface area contributed by atoms with Crippen LogP contribution in [-0.4, -0.2) is 77.8 Å². The predicted octanol–water partition coefficient (Wildman–Crippen LogP) is 1.12. The number of nitrogens with one attached hydrogen (secondary N) is 1. The molecule has 13 nitrogen and oxygen atoms in total. The topological polar surface area (TPSA) is 178 Å². The van der Waals surface area contributed by atoms with Crippen LogP contribution < -0.4 is 5.32 Å². The standard InChI is InChI=1S/C21H25FN5O8P/c1-2-33-20(29)21(36(30,31)32)34-9-13-16(28)14(22)19(35-13)27-11-26-15-17(24-10-25-18(15)27)23-8-12-6-4-3-5-7-12/h3-7,10-11,13-14,16,19,21,28H,2,8-9H2,1H3,(H,23,24,25)(H2,30,31,32)/t13?,14-,16-,19-,21?/m1/s1. The van der Waals surface area contributed by atoms with Gasteiger partial charge in [0.05, 0.1) is 19.5 Å². The first-order valence-corrected chi connectivity index (χ1v) is 12.6. The molecule has 4 rings (SSSR count). The molecule has 3 heterocycles. The van der Waals surface area contributed by atoms with Crippen molar-refractivity contribution in [1.29, 1.82) is 0 Å². The molecule has 4 N–H and O–H groups in total. The molecule has 3 aromatic rings. The molecule has 0 radical (unpaired) electrons. The van der Waals surface area contributed by atoms with Crippen molar-refractivity contribution in [3.8, 4) is 0 Å². The first-order valence-electron chi connectivity index (χ1n) is 11.0. The predicted molar refractivity (Wildman–Crippen MR) is 122 cm³/mol. The van der Waals surface area contributed by atoms with Gasteiger partial charge in [-0.3, -0.25) is 9.13 Å². The van der Waals surface area contributed by atoms with E-state index < -0.39 is 50.6 Å². The van der Waals surface area contributed by atoms with Crippen LogP contribution in [0.1, 0.15) is 18.7 Å². The number of hydrogen-bond donors (Lipinski definition) is 4. The number of aromatic nitrogens is 4. The number of anilines is 1. The van der Waals surface area contributed by atoms with E-state index in [-0.39, 0.29) is 12.3 Å². The zero-order chi connectivity index (χ0) is 25.9. The summed E-state index contributed by atoms with van der Waals surface area (Å²) in [6.07, 6.45) is -3.82. The molecule has 0 amide bonds. The van der Waals surface area contributed by atoms with Crippen molar-refractivity contribution in [3.05, 3.63) is 48.5 Å². The second kappa shape index (κ2) is 10.9. The van der Waals surface area contributed by atoms with Gasteiger partial charge in [0, 0.05) is 6.54 Å². The van der Waals surface area contributed by atoms with Gasteiger partial charge in [0.25, 0.3) is 5.85 Å². The largest absolute Gasteiger partial charge is 0.464 e. The van der Waals surface area contributed by atoms with Gasteiger partial charge >= 0.3 is 13.6 Å². The molecule has 2 aromatic heterocycles. The average molecular weight is 525 g/mol. The monoisotopic (exact) mass is 525 g/mol. The van der Waals surface area contributed by atoms with E-state index >= 15 is 4.39 Å². The minimum absolute atomic E-state index is 0.131. The summed E-state index contributed by atoms with van der Waals surface area (Å²) < 4.78 is 43.2. The van der Waals surface area contributed by atoms with E-state index in [1.54, 1.807) is 0 Å². The summed E-state index contributed by atoms with van der Waals surface area (Å²) in [6.45, 7) is 1.11. The zero-order valence-electron chi connectivity index (χ0n) is 19.0. The highest BCUT2D eigenvalue weighted by Crippen LogP contribution is 2.43. The van der Waals surface area contributed by atoms with Gasteiger partial charge in [-0.25, -0.2) is 24.1 Å². The second-order valence-corrected chi connectivity index (χ2v) is 9.56. The maximum atomic E-state index is 15.0. The van der Waals surface area contributed by atoms with Crippen LogP contribution in [0, 0.1) is 0 Å². The average Bonchev–Trinajstić information content (AvgIpc) is 3.39. The molecule has 1 aromatic carbocycles. The lowest BCUT2D eigenvalue weighted by atomic mass is 10.1. The Morgan fingerprint density at radius 3 is 2.72 bits per heavy atom. The number of carbonyl (C=O) groups excluding carboxylic acids is 1. The van der Waals surface area contributed by atoms with E-state index in [2.05, 4.69) is 25.0 Å². The normalized spacial score (nSPS) is 23.0. The molecule has 0 aliphatic carbocycles. The Morgan fingerprint density at radius 2 is 2.03 bits per heavy atom. The Labute approximate surface area is 204 Å². The number of imidazole rings is 1. The Bertz CT molecular complexity index is 1240. The quantitative estimate of drug-likeness (QED) is 0.219. The van der Waals surface area contributed by atoms with Crippen LogP contribution in [0.5, 0.6) is 0 Å². The van der Waals surface area contributed by atoms with Crippen LogP contribution in [0.15, 0.2) is 43.0 Å². The third-order valence-corrected chi connectivity index (χ3v) is 6.41. The number of esters is 1. The molecule has 0 spiro atoms. The highest BCUT2D eigenvalue weighted by molar-refractivity contribution is 7.53. The Balaban J connectivity index is 1.49. The number of rotatable bonds is 10. The van der Waals surface area contributed by atoms with Gasteiger partial charge in [-0.1, -0.05) is 30.3 Å². The summed E-state index contributed by atoms with van der Waals surface area (Å²) in [5, 5.41) is 13.5. The fourth-order valence-electron chi connectivity index (χ4n) is 3.72. The van der Waals surface area contributed by atoms with Crippen LogP contribution in [0.4, 0.5) is 10.2 Å². The third-order valence-electron chi connectivity index (χ3n) is 5.44. The highest BCUT2D eigenvalue weighted by Gasteiger charge is 2.47.